The third kappa shape index (κ3) is 1.62. The molecule has 0 amide bonds. The molecular formula is C5H10ClNO. The fraction of sp³-hybridized carbons (Fsp3) is 1.00. The monoisotopic (exact) mass is 135 g/mol. The van der Waals surface area contributed by atoms with Crippen LogP contribution in [0, 0.1) is 0 Å². The zero-order chi connectivity index (χ0) is 5.98. The van der Waals surface area contributed by atoms with Crippen LogP contribution in [-0.4, -0.2) is 29.7 Å². The molecule has 0 unspecified atom stereocenters. The van der Waals surface area contributed by atoms with Gasteiger partial charge in [0.2, 0.25) is 0 Å². The minimum Gasteiger partial charge on any atom is -0.392 e. The van der Waals surface area contributed by atoms with E-state index >= 15 is 0 Å². The Kier molecular flexibility index (Phi) is 2.11. The molecule has 1 aliphatic heterocycles. The van der Waals surface area contributed by atoms with Gasteiger partial charge in [-0.1, -0.05) is 0 Å². The Hall–Kier alpha value is 0.210. The van der Waals surface area contributed by atoms with Crippen molar-refractivity contribution in [3.05, 3.63) is 0 Å². The van der Waals surface area contributed by atoms with Gasteiger partial charge in [0.1, 0.15) is 0 Å². The summed E-state index contributed by atoms with van der Waals surface area (Å²) in [4.78, 5) is 0. The molecule has 0 aromatic carbocycles. The SMILES string of the molecule is O[C@@H]1CNC[C@@H](Cl)C1. The van der Waals surface area contributed by atoms with Crippen molar-refractivity contribution in [1.29, 1.82) is 0 Å². The Balaban J connectivity index is 2.23. The molecule has 2 atom stereocenters. The second kappa shape index (κ2) is 2.67. The topological polar surface area (TPSA) is 32.3 Å². The maximum Gasteiger partial charge on any atom is 0.0679 e. The summed E-state index contributed by atoms with van der Waals surface area (Å²) in [6, 6.07) is 0. The summed E-state index contributed by atoms with van der Waals surface area (Å²) >= 11 is 5.69. The van der Waals surface area contributed by atoms with Gasteiger partial charge in [0, 0.05) is 18.5 Å². The molecule has 0 radical (unpaired) electrons. The van der Waals surface area contributed by atoms with E-state index in [9.17, 15) is 0 Å². The molecule has 1 rings (SSSR count). The van der Waals surface area contributed by atoms with Crippen LogP contribution in [0.5, 0.6) is 0 Å². The minimum atomic E-state index is -0.230. The maximum atomic E-state index is 8.93. The van der Waals surface area contributed by atoms with Gasteiger partial charge in [-0.3, -0.25) is 0 Å². The summed E-state index contributed by atoms with van der Waals surface area (Å²) in [5.74, 6) is 0. The molecule has 0 bridgehead atoms. The second-order valence-corrected chi connectivity index (χ2v) is 2.76. The van der Waals surface area contributed by atoms with Crippen LogP contribution < -0.4 is 5.32 Å². The number of hydrogen-bond acceptors (Lipinski definition) is 2. The fourth-order valence-corrected chi connectivity index (χ4v) is 1.18. The third-order valence-corrected chi connectivity index (χ3v) is 1.61. The first kappa shape index (κ1) is 6.33. The van der Waals surface area contributed by atoms with Crippen LogP contribution in [-0.2, 0) is 0 Å². The molecule has 0 aromatic heterocycles. The van der Waals surface area contributed by atoms with Gasteiger partial charge in [-0.2, -0.15) is 0 Å². The standard InChI is InChI=1S/C5H10ClNO/c6-4-1-5(8)3-7-2-4/h4-5,7-8H,1-3H2/t4-,5-/m0/s1. The normalized spacial score (nSPS) is 39.8. The van der Waals surface area contributed by atoms with Crippen molar-refractivity contribution in [3.8, 4) is 0 Å². The van der Waals surface area contributed by atoms with Gasteiger partial charge >= 0.3 is 0 Å². The largest absolute Gasteiger partial charge is 0.392 e. The highest BCUT2D eigenvalue weighted by atomic mass is 35.5. The number of piperidine rings is 1. The summed E-state index contributed by atoms with van der Waals surface area (Å²) < 4.78 is 0. The van der Waals surface area contributed by atoms with Gasteiger partial charge in [-0.15, -0.1) is 11.6 Å². The first-order valence-corrected chi connectivity index (χ1v) is 3.25. The van der Waals surface area contributed by atoms with E-state index in [2.05, 4.69) is 5.32 Å². The average Bonchev–Trinajstić information content (AvgIpc) is 1.64. The molecule has 2 nitrogen and oxygen atoms in total. The summed E-state index contributed by atoms with van der Waals surface area (Å²) in [5, 5.41) is 12.1. The van der Waals surface area contributed by atoms with Crippen molar-refractivity contribution in [2.75, 3.05) is 13.1 Å². The Morgan fingerprint density at radius 1 is 1.50 bits per heavy atom. The van der Waals surface area contributed by atoms with E-state index in [0.717, 1.165) is 13.0 Å². The molecule has 8 heavy (non-hydrogen) atoms. The van der Waals surface area contributed by atoms with Crippen molar-refractivity contribution in [2.24, 2.45) is 0 Å². The second-order valence-electron chi connectivity index (χ2n) is 2.15. The number of rotatable bonds is 0. The summed E-state index contributed by atoms with van der Waals surface area (Å²) in [6.07, 6.45) is 0.500. The Labute approximate surface area is 53.8 Å². The third-order valence-electron chi connectivity index (χ3n) is 1.27. The maximum absolute atomic E-state index is 8.93. The quantitative estimate of drug-likeness (QED) is 0.457. The minimum absolute atomic E-state index is 0.124. The number of halogens is 1. The van der Waals surface area contributed by atoms with Crippen LogP contribution in [0.1, 0.15) is 6.42 Å². The van der Waals surface area contributed by atoms with Gasteiger partial charge in [-0.25, -0.2) is 0 Å². The van der Waals surface area contributed by atoms with Gasteiger partial charge in [0.25, 0.3) is 0 Å². The summed E-state index contributed by atoms with van der Waals surface area (Å²) in [7, 11) is 0. The predicted molar refractivity (Wildman–Crippen MR) is 33.1 cm³/mol. The van der Waals surface area contributed by atoms with Gasteiger partial charge < -0.3 is 10.4 Å². The van der Waals surface area contributed by atoms with Crippen molar-refractivity contribution in [2.45, 2.75) is 17.9 Å². The molecule has 0 aliphatic carbocycles. The molecular weight excluding hydrogens is 126 g/mol. The number of β-amino-alcohol motifs (C(OH)–C–C–N with tert-alkyl or cyclic N) is 1. The average molecular weight is 136 g/mol. The lowest BCUT2D eigenvalue weighted by atomic mass is 10.1. The Morgan fingerprint density at radius 3 is 2.62 bits per heavy atom. The molecule has 1 saturated heterocycles. The predicted octanol–water partition coefficient (Wildman–Crippen LogP) is -0.0520. The first-order valence-electron chi connectivity index (χ1n) is 2.82. The van der Waals surface area contributed by atoms with Crippen LogP contribution in [0.3, 0.4) is 0 Å². The summed E-state index contributed by atoms with van der Waals surface area (Å²) in [5.41, 5.74) is 0. The molecule has 2 N–H and O–H groups in total. The van der Waals surface area contributed by atoms with Gasteiger partial charge in [-0.05, 0) is 6.42 Å². The lowest BCUT2D eigenvalue weighted by Gasteiger charge is -2.21. The first-order chi connectivity index (χ1) is 3.79. The lowest BCUT2D eigenvalue weighted by molar-refractivity contribution is 0.144. The highest BCUT2D eigenvalue weighted by Crippen LogP contribution is 2.07. The molecule has 0 saturated carbocycles. The number of alkyl halides is 1. The fourth-order valence-electron chi connectivity index (χ4n) is 0.868. The van der Waals surface area contributed by atoms with Crippen LogP contribution in [0.4, 0.5) is 0 Å². The van der Waals surface area contributed by atoms with Crippen LogP contribution in [0.25, 0.3) is 0 Å². The number of nitrogens with one attached hydrogen (secondary N) is 1. The number of aliphatic hydroxyl groups excluding tert-OH is 1. The van der Waals surface area contributed by atoms with E-state index in [-0.39, 0.29) is 11.5 Å². The van der Waals surface area contributed by atoms with Crippen LogP contribution >= 0.6 is 11.6 Å². The van der Waals surface area contributed by atoms with Gasteiger partial charge in [0.05, 0.1) is 6.10 Å². The van der Waals surface area contributed by atoms with Crippen LogP contribution in [0.15, 0.2) is 0 Å². The van der Waals surface area contributed by atoms with E-state index in [4.69, 9.17) is 16.7 Å². The van der Waals surface area contributed by atoms with Crippen molar-refractivity contribution < 1.29 is 5.11 Å². The van der Waals surface area contributed by atoms with E-state index < -0.39 is 0 Å². The summed E-state index contributed by atoms with van der Waals surface area (Å²) in [6.45, 7) is 1.53. The number of aliphatic hydroxyl groups is 1. The van der Waals surface area contributed by atoms with Crippen molar-refractivity contribution in [1.82, 2.24) is 5.32 Å². The van der Waals surface area contributed by atoms with E-state index in [1.54, 1.807) is 0 Å². The molecule has 1 fully saturated rings. The zero-order valence-electron chi connectivity index (χ0n) is 4.60. The lowest BCUT2D eigenvalue weighted by Crippen LogP contribution is -2.39. The highest BCUT2D eigenvalue weighted by molar-refractivity contribution is 6.20. The van der Waals surface area contributed by atoms with E-state index in [1.807, 2.05) is 0 Å². The molecule has 1 heterocycles. The Bertz CT molecular complexity index is 70.8. The van der Waals surface area contributed by atoms with E-state index in [0.29, 0.717) is 6.54 Å². The van der Waals surface area contributed by atoms with Crippen molar-refractivity contribution >= 4 is 11.6 Å². The van der Waals surface area contributed by atoms with Crippen molar-refractivity contribution in [3.63, 3.8) is 0 Å². The molecule has 0 aromatic rings. The molecule has 1 aliphatic rings. The molecule has 0 spiro atoms. The van der Waals surface area contributed by atoms with Crippen LogP contribution in [0.2, 0.25) is 0 Å². The van der Waals surface area contributed by atoms with E-state index in [1.165, 1.54) is 0 Å². The van der Waals surface area contributed by atoms with Gasteiger partial charge in [0.15, 0.2) is 0 Å². The smallest absolute Gasteiger partial charge is 0.0679 e. The molecule has 3 heteroatoms. The Morgan fingerprint density at radius 2 is 2.25 bits per heavy atom. The molecule has 48 valence electrons. The zero-order valence-corrected chi connectivity index (χ0v) is 5.36. The highest BCUT2D eigenvalue weighted by Gasteiger charge is 2.16. The number of hydrogen-bond donors (Lipinski definition) is 2.